The molecule has 0 spiro atoms. The molecule has 0 aliphatic rings. The molecule has 0 aliphatic heterocycles. The van der Waals surface area contributed by atoms with Crippen molar-refractivity contribution in [2.45, 2.75) is 18.0 Å². The number of halogens is 6. The smallest absolute Gasteiger partial charge is 0.399 e. The van der Waals surface area contributed by atoms with Crippen molar-refractivity contribution < 1.29 is 31.4 Å². The van der Waals surface area contributed by atoms with Crippen LogP contribution in [0.25, 0.3) is 10.8 Å². The number of fused-ring (bicyclic) bond motifs is 1. The lowest BCUT2D eigenvalue weighted by molar-refractivity contribution is -0.375. The zero-order chi connectivity index (χ0) is 16.9. The van der Waals surface area contributed by atoms with Crippen LogP contribution < -0.4 is 11.5 Å². The van der Waals surface area contributed by atoms with Crippen molar-refractivity contribution in [1.82, 2.24) is 0 Å². The first-order valence-electron chi connectivity index (χ1n) is 5.83. The van der Waals surface area contributed by atoms with Crippen LogP contribution in [0.3, 0.4) is 0 Å². The summed E-state index contributed by atoms with van der Waals surface area (Å²) in [6.07, 6.45) is -11.9. The van der Waals surface area contributed by atoms with Crippen LogP contribution in [0.5, 0.6) is 0 Å². The molecule has 0 aromatic heterocycles. The maximum absolute atomic E-state index is 13.0. The number of nitrogen functional groups attached to an aromatic ring is 2. The van der Waals surface area contributed by atoms with Gasteiger partial charge in [0, 0.05) is 22.3 Å². The third-order valence-electron chi connectivity index (χ3n) is 3.28. The zero-order valence-electron chi connectivity index (χ0n) is 10.8. The highest BCUT2D eigenvalue weighted by atomic mass is 19.4. The lowest BCUT2D eigenvalue weighted by atomic mass is 9.87. The first-order chi connectivity index (χ1) is 9.89. The summed E-state index contributed by atoms with van der Waals surface area (Å²) in [6.45, 7) is 0. The van der Waals surface area contributed by atoms with Gasteiger partial charge in [-0.1, -0.05) is 12.1 Å². The average molecular weight is 324 g/mol. The second-order valence-corrected chi connectivity index (χ2v) is 4.71. The summed E-state index contributed by atoms with van der Waals surface area (Å²) in [5.41, 5.74) is 4.47. The third-order valence-corrected chi connectivity index (χ3v) is 3.28. The van der Waals surface area contributed by atoms with E-state index in [1.54, 1.807) is 0 Å². The Kier molecular flexibility index (Phi) is 3.44. The number of aliphatic hydroxyl groups is 1. The van der Waals surface area contributed by atoms with Gasteiger partial charge < -0.3 is 16.6 Å². The lowest BCUT2D eigenvalue weighted by Crippen LogP contribution is -2.54. The minimum Gasteiger partial charge on any atom is -0.399 e. The van der Waals surface area contributed by atoms with Crippen molar-refractivity contribution in [2.75, 3.05) is 11.5 Å². The van der Waals surface area contributed by atoms with Crippen molar-refractivity contribution in [2.24, 2.45) is 0 Å². The van der Waals surface area contributed by atoms with E-state index in [0.29, 0.717) is 6.07 Å². The van der Waals surface area contributed by atoms with E-state index in [-0.39, 0.29) is 16.8 Å². The Morgan fingerprint density at radius 2 is 1.32 bits per heavy atom. The summed E-state index contributed by atoms with van der Waals surface area (Å²) >= 11 is 0. The summed E-state index contributed by atoms with van der Waals surface area (Å²) in [4.78, 5) is 0. The van der Waals surface area contributed by atoms with Crippen LogP contribution in [0.15, 0.2) is 30.3 Å². The molecule has 9 heteroatoms. The van der Waals surface area contributed by atoms with Crippen LogP contribution in [-0.4, -0.2) is 17.5 Å². The van der Waals surface area contributed by atoms with Crippen molar-refractivity contribution in [3.8, 4) is 0 Å². The van der Waals surface area contributed by atoms with E-state index in [2.05, 4.69) is 0 Å². The fraction of sp³-hybridized carbons (Fsp3) is 0.231. The average Bonchev–Trinajstić information content (AvgIpc) is 2.35. The minimum atomic E-state index is -5.97. The predicted molar refractivity (Wildman–Crippen MR) is 68.8 cm³/mol. The number of alkyl halides is 6. The quantitative estimate of drug-likeness (QED) is 0.557. The van der Waals surface area contributed by atoms with Crippen LogP contribution >= 0.6 is 0 Å². The second-order valence-electron chi connectivity index (χ2n) is 4.71. The van der Waals surface area contributed by atoms with Gasteiger partial charge in [-0.25, -0.2) is 0 Å². The molecule has 2 rings (SSSR count). The third kappa shape index (κ3) is 2.21. The van der Waals surface area contributed by atoms with Crippen molar-refractivity contribution in [3.05, 3.63) is 35.9 Å². The van der Waals surface area contributed by atoms with Crippen LogP contribution in [0.1, 0.15) is 5.56 Å². The van der Waals surface area contributed by atoms with E-state index in [4.69, 9.17) is 11.5 Å². The molecule has 0 bridgehead atoms. The van der Waals surface area contributed by atoms with Crippen LogP contribution in [0.4, 0.5) is 37.7 Å². The monoisotopic (exact) mass is 324 g/mol. The molecular formula is C13H10F6N2O. The number of anilines is 2. The second kappa shape index (κ2) is 4.67. The first-order valence-corrected chi connectivity index (χ1v) is 5.83. The van der Waals surface area contributed by atoms with Gasteiger partial charge in [0.1, 0.15) is 0 Å². The minimum absolute atomic E-state index is 0.0366. The number of benzene rings is 2. The molecule has 0 heterocycles. The van der Waals surface area contributed by atoms with Gasteiger partial charge in [0.05, 0.1) is 0 Å². The molecule has 2 aromatic rings. The molecule has 22 heavy (non-hydrogen) atoms. The van der Waals surface area contributed by atoms with E-state index >= 15 is 0 Å². The topological polar surface area (TPSA) is 72.3 Å². The normalized spacial score (nSPS) is 13.6. The molecule has 5 N–H and O–H groups in total. The Hall–Kier alpha value is -2.16. The summed E-state index contributed by atoms with van der Waals surface area (Å²) in [6, 6.07) is 4.75. The highest BCUT2D eigenvalue weighted by Crippen LogP contribution is 2.52. The molecule has 0 atom stereocenters. The molecule has 0 radical (unpaired) electrons. The first kappa shape index (κ1) is 16.2. The largest absolute Gasteiger partial charge is 0.430 e. The SMILES string of the molecule is Nc1ccc2c(N)ccc(C(O)(C(F)(F)F)C(F)(F)F)c2c1. The van der Waals surface area contributed by atoms with Gasteiger partial charge in [0.25, 0.3) is 5.60 Å². The van der Waals surface area contributed by atoms with E-state index in [9.17, 15) is 31.4 Å². The number of rotatable bonds is 1. The van der Waals surface area contributed by atoms with Gasteiger partial charge >= 0.3 is 12.4 Å². The molecule has 0 unspecified atom stereocenters. The summed E-state index contributed by atoms with van der Waals surface area (Å²) in [5.74, 6) is 0. The lowest BCUT2D eigenvalue weighted by Gasteiger charge is -2.33. The van der Waals surface area contributed by atoms with Gasteiger partial charge in [-0.3, -0.25) is 0 Å². The van der Waals surface area contributed by atoms with E-state index in [1.807, 2.05) is 0 Å². The molecular weight excluding hydrogens is 314 g/mol. The number of hydrogen-bond donors (Lipinski definition) is 3. The summed E-state index contributed by atoms with van der Waals surface area (Å²) in [7, 11) is 0. The van der Waals surface area contributed by atoms with E-state index < -0.39 is 28.9 Å². The van der Waals surface area contributed by atoms with Gasteiger partial charge in [-0.2, -0.15) is 26.3 Å². The van der Waals surface area contributed by atoms with Gasteiger partial charge in [0.15, 0.2) is 0 Å². The molecule has 0 saturated heterocycles. The van der Waals surface area contributed by atoms with Crippen molar-refractivity contribution >= 4 is 22.1 Å². The maximum atomic E-state index is 13.0. The zero-order valence-corrected chi connectivity index (χ0v) is 10.8. The van der Waals surface area contributed by atoms with Gasteiger partial charge in [0.2, 0.25) is 0 Å². The predicted octanol–water partition coefficient (Wildman–Crippen LogP) is 3.32. The van der Waals surface area contributed by atoms with Crippen LogP contribution in [0.2, 0.25) is 0 Å². The maximum Gasteiger partial charge on any atom is 0.430 e. The molecule has 0 fully saturated rings. The Balaban J connectivity index is 2.93. The Labute approximate surface area is 120 Å². The van der Waals surface area contributed by atoms with Crippen molar-refractivity contribution in [3.63, 3.8) is 0 Å². The molecule has 3 nitrogen and oxygen atoms in total. The Morgan fingerprint density at radius 3 is 1.82 bits per heavy atom. The van der Waals surface area contributed by atoms with E-state index in [1.165, 1.54) is 12.1 Å². The van der Waals surface area contributed by atoms with Gasteiger partial charge in [-0.05, 0) is 23.6 Å². The van der Waals surface area contributed by atoms with E-state index in [0.717, 1.165) is 12.1 Å². The molecule has 2 aromatic carbocycles. The number of hydrogen-bond acceptors (Lipinski definition) is 3. The van der Waals surface area contributed by atoms with Crippen LogP contribution in [0, 0.1) is 0 Å². The molecule has 0 aliphatic carbocycles. The fourth-order valence-electron chi connectivity index (χ4n) is 2.17. The molecule has 0 saturated carbocycles. The standard InChI is InChI=1S/C13H10F6N2O/c14-12(15,16)11(22,13(17,18)19)9-3-4-10(21)7-2-1-6(20)5-8(7)9/h1-5,22H,20-21H2. The fourth-order valence-corrected chi connectivity index (χ4v) is 2.17. The Bertz CT molecular complexity index is 709. The highest BCUT2D eigenvalue weighted by Gasteiger charge is 2.71. The van der Waals surface area contributed by atoms with Crippen molar-refractivity contribution in [1.29, 1.82) is 0 Å². The Morgan fingerprint density at radius 1 is 0.773 bits per heavy atom. The summed E-state index contributed by atoms with van der Waals surface area (Å²) in [5, 5.41) is 8.92. The molecule has 0 amide bonds. The number of nitrogens with two attached hydrogens (primary N) is 2. The van der Waals surface area contributed by atoms with Crippen LogP contribution in [-0.2, 0) is 5.60 Å². The summed E-state index contributed by atoms with van der Waals surface area (Å²) < 4.78 is 77.9. The van der Waals surface area contributed by atoms with Gasteiger partial charge in [-0.15, -0.1) is 0 Å². The molecule has 120 valence electrons. The highest BCUT2D eigenvalue weighted by molar-refractivity contribution is 5.97.